The van der Waals surface area contributed by atoms with Crippen molar-refractivity contribution in [2.24, 2.45) is 0 Å². The quantitative estimate of drug-likeness (QED) is 0.797. The van der Waals surface area contributed by atoms with E-state index in [1.54, 1.807) is 0 Å². The molecule has 0 aliphatic carbocycles. The molecule has 3 rings (SSSR count). The van der Waals surface area contributed by atoms with Gasteiger partial charge in [-0.25, -0.2) is 0 Å². The lowest BCUT2D eigenvalue weighted by Crippen LogP contribution is -2.13. The van der Waals surface area contributed by atoms with Crippen LogP contribution in [-0.4, -0.2) is 11.8 Å². The monoisotopic (exact) mass is 219 g/mol. The van der Waals surface area contributed by atoms with Crippen molar-refractivity contribution in [1.29, 1.82) is 0 Å². The number of hydrogen-bond donors (Lipinski definition) is 1. The molecule has 78 valence electrons. The summed E-state index contributed by atoms with van der Waals surface area (Å²) < 4.78 is 5.54. The van der Waals surface area contributed by atoms with Crippen molar-refractivity contribution < 1.29 is 4.42 Å². The molecule has 1 aromatic carbocycles. The molecule has 3 heteroatoms. The van der Waals surface area contributed by atoms with Crippen LogP contribution in [0, 0.1) is 0 Å². The molecule has 0 amide bonds. The molecule has 1 aliphatic heterocycles. The van der Waals surface area contributed by atoms with Crippen molar-refractivity contribution in [3.05, 3.63) is 36.1 Å². The second-order valence-corrected chi connectivity index (χ2v) is 5.47. The number of para-hydroxylation sites is 1. The molecule has 2 aromatic rings. The van der Waals surface area contributed by atoms with E-state index >= 15 is 0 Å². The smallest absolute Gasteiger partial charge is 0.134 e. The summed E-state index contributed by atoms with van der Waals surface area (Å²) in [5.74, 6) is 0. The van der Waals surface area contributed by atoms with Crippen molar-refractivity contribution in [2.45, 2.75) is 17.5 Å². The second kappa shape index (κ2) is 3.58. The van der Waals surface area contributed by atoms with Gasteiger partial charge in [0.1, 0.15) is 5.58 Å². The number of thioether (sulfide) groups is 1. The van der Waals surface area contributed by atoms with Gasteiger partial charge in [-0.3, -0.25) is 0 Å². The summed E-state index contributed by atoms with van der Waals surface area (Å²) in [6.45, 7) is 3.33. The lowest BCUT2D eigenvalue weighted by molar-refractivity contribution is 0.604. The Balaban J connectivity index is 2.04. The highest BCUT2D eigenvalue weighted by Gasteiger charge is 2.25. The predicted molar refractivity (Wildman–Crippen MR) is 64.0 cm³/mol. The lowest BCUT2D eigenvalue weighted by atomic mass is 10.2. The Hall–Kier alpha value is -0.930. The predicted octanol–water partition coefficient (Wildman–Crippen LogP) is 3.16. The minimum Gasteiger partial charge on any atom is -0.464 e. The Kier molecular flexibility index (Phi) is 2.22. The molecule has 1 aliphatic rings. The molecule has 15 heavy (non-hydrogen) atoms. The van der Waals surface area contributed by atoms with E-state index in [-0.39, 0.29) is 0 Å². The van der Waals surface area contributed by atoms with Crippen molar-refractivity contribution in [3.63, 3.8) is 0 Å². The van der Waals surface area contributed by atoms with Gasteiger partial charge >= 0.3 is 0 Å². The SMILES string of the molecule is CC1CNC(c2coc3ccccc23)S1. The van der Waals surface area contributed by atoms with Crippen LogP contribution in [0.15, 0.2) is 34.9 Å². The van der Waals surface area contributed by atoms with E-state index in [1.807, 2.05) is 30.2 Å². The van der Waals surface area contributed by atoms with Gasteiger partial charge < -0.3 is 9.73 Å². The lowest BCUT2D eigenvalue weighted by Gasteiger charge is -2.06. The summed E-state index contributed by atoms with van der Waals surface area (Å²) in [4.78, 5) is 0. The molecular formula is C12H13NOS. The van der Waals surface area contributed by atoms with E-state index in [9.17, 15) is 0 Å². The first-order valence-corrected chi connectivity index (χ1v) is 6.14. The minimum atomic E-state index is 0.392. The highest BCUT2D eigenvalue weighted by molar-refractivity contribution is 8.00. The fourth-order valence-corrected chi connectivity index (χ4v) is 3.16. The van der Waals surface area contributed by atoms with Crippen LogP contribution in [0.2, 0.25) is 0 Å². The summed E-state index contributed by atoms with van der Waals surface area (Å²) in [5.41, 5.74) is 2.26. The maximum atomic E-state index is 5.54. The Morgan fingerprint density at radius 3 is 3.07 bits per heavy atom. The van der Waals surface area contributed by atoms with Crippen LogP contribution in [0.1, 0.15) is 17.9 Å². The van der Waals surface area contributed by atoms with Gasteiger partial charge in [0, 0.05) is 22.7 Å². The van der Waals surface area contributed by atoms with Gasteiger partial charge in [-0.2, -0.15) is 0 Å². The Morgan fingerprint density at radius 1 is 1.40 bits per heavy atom. The van der Waals surface area contributed by atoms with E-state index < -0.39 is 0 Å². The van der Waals surface area contributed by atoms with Gasteiger partial charge in [0.2, 0.25) is 0 Å². The van der Waals surface area contributed by atoms with Crippen LogP contribution in [-0.2, 0) is 0 Å². The summed E-state index contributed by atoms with van der Waals surface area (Å²) in [6.07, 6.45) is 1.88. The molecule has 1 aromatic heterocycles. The van der Waals surface area contributed by atoms with Gasteiger partial charge in [-0.05, 0) is 6.07 Å². The van der Waals surface area contributed by atoms with Crippen LogP contribution in [0.25, 0.3) is 11.0 Å². The number of nitrogens with one attached hydrogen (secondary N) is 1. The molecule has 0 saturated carbocycles. The summed E-state index contributed by atoms with van der Waals surface area (Å²) in [7, 11) is 0. The molecule has 1 saturated heterocycles. The second-order valence-electron chi connectivity index (χ2n) is 3.92. The van der Waals surface area contributed by atoms with E-state index in [2.05, 4.69) is 24.4 Å². The summed E-state index contributed by atoms with van der Waals surface area (Å²) in [5, 5.41) is 5.81. The van der Waals surface area contributed by atoms with Crippen molar-refractivity contribution in [3.8, 4) is 0 Å². The van der Waals surface area contributed by atoms with Gasteiger partial charge in [0.05, 0.1) is 11.6 Å². The fraction of sp³-hybridized carbons (Fsp3) is 0.333. The Labute approximate surface area is 93.0 Å². The number of rotatable bonds is 1. The van der Waals surface area contributed by atoms with Gasteiger partial charge in [0.15, 0.2) is 0 Å². The van der Waals surface area contributed by atoms with Gasteiger partial charge in [-0.15, -0.1) is 11.8 Å². The Morgan fingerprint density at radius 2 is 2.27 bits per heavy atom. The average Bonchev–Trinajstić information content (AvgIpc) is 2.83. The molecular weight excluding hydrogens is 206 g/mol. The maximum Gasteiger partial charge on any atom is 0.134 e. The first-order chi connectivity index (χ1) is 7.34. The molecule has 1 fully saturated rings. The molecule has 0 spiro atoms. The number of benzene rings is 1. The summed E-state index contributed by atoms with van der Waals surface area (Å²) in [6, 6.07) is 8.21. The highest BCUT2D eigenvalue weighted by Crippen LogP contribution is 2.38. The molecule has 2 heterocycles. The molecule has 0 radical (unpaired) electrons. The number of hydrogen-bond acceptors (Lipinski definition) is 3. The zero-order valence-corrected chi connectivity index (χ0v) is 9.38. The van der Waals surface area contributed by atoms with E-state index in [0.29, 0.717) is 10.6 Å². The molecule has 2 nitrogen and oxygen atoms in total. The third-order valence-electron chi connectivity index (χ3n) is 2.75. The third-order valence-corrected chi connectivity index (χ3v) is 4.08. The molecule has 0 bridgehead atoms. The number of furan rings is 1. The van der Waals surface area contributed by atoms with Crippen LogP contribution in [0.3, 0.4) is 0 Å². The van der Waals surface area contributed by atoms with Crippen molar-refractivity contribution >= 4 is 22.7 Å². The van der Waals surface area contributed by atoms with E-state index in [4.69, 9.17) is 4.42 Å². The topological polar surface area (TPSA) is 25.2 Å². The zero-order valence-electron chi connectivity index (χ0n) is 8.57. The highest BCUT2D eigenvalue weighted by atomic mass is 32.2. The normalized spacial score (nSPS) is 26.2. The zero-order chi connectivity index (χ0) is 10.3. The fourth-order valence-electron chi connectivity index (χ4n) is 1.99. The standard InChI is InChI=1S/C12H13NOS/c1-8-6-13-12(15-8)10-7-14-11-5-3-2-4-9(10)11/h2-5,7-8,12-13H,6H2,1H3. The molecule has 1 N–H and O–H groups in total. The van der Waals surface area contributed by atoms with Crippen LogP contribution in [0.5, 0.6) is 0 Å². The molecule has 2 atom stereocenters. The van der Waals surface area contributed by atoms with Crippen LogP contribution in [0.4, 0.5) is 0 Å². The van der Waals surface area contributed by atoms with Crippen LogP contribution < -0.4 is 5.32 Å². The third kappa shape index (κ3) is 1.56. The largest absolute Gasteiger partial charge is 0.464 e. The van der Waals surface area contributed by atoms with Crippen molar-refractivity contribution in [1.82, 2.24) is 5.32 Å². The Bertz CT molecular complexity index is 479. The molecule has 2 unspecified atom stereocenters. The maximum absolute atomic E-state index is 5.54. The van der Waals surface area contributed by atoms with Gasteiger partial charge in [-0.1, -0.05) is 25.1 Å². The minimum absolute atomic E-state index is 0.392. The summed E-state index contributed by atoms with van der Waals surface area (Å²) >= 11 is 1.97. The average molecular weight is 219 g/mol. The van der Waals surface area contributed by atoms with Gasteiger partial charge in [0.25, 0.3) is 0 Å². The van der Waals surface area contributed by atoms with Crippen molar-refractivity contribution in [2.75, 3.05) is 6.54 Å². The van der Waals surface area contributed by atoms with E-state index in [1.165, 1.54) is 10.9 Å². The number of fused-ring (bicyclic) bond motifs is 1. The van der Waals surface area contributed by atoms with Crippen LogP contribution >= 0.6 is 11.8 Å². The first kappa shape index (κ1) is 9.31. The van der Waals surface area contributed by atoms with E-state index in [0.717, 1.165) is 12.1 Å². The first-order valence-electron chi connectivity index (χ1n) is 5.19.